The predicted octanol–water partition coefficient (Wildman–Crippen LogP) is 2.92. The third-order valence-corrected chi connectivity index (χ3v) is 2.72. The Morgan fingerprint density at radius 3 is 2.50 bits per heavy atom. The number of hydrogen-bond donors (Lipinski definition) is 2. The topological polar surface area (TPSA) is 41.1 Å². The van der Waals surface area contributed by atoms with Crippen LogP contribution in [0.4, 0.5) is 5.69 Å². The summed E-state index contributed by atoms with van der Waals surface area (Å²) in [5.41, 5.74) is 2.10. The summed E-state index contributed by atoms with van der Waals surface area (Å²) in [5, 5.41) is 6.08. The Kier molecular flexibility index (Phi) is 5.35. The molecule has 0 fully saturated rings. The zero-order chi connectivity index (χ0) is 13.6. The van der Waals surface area contributed by atoms with Crippen LogP contribution in [-0.4, -0.2) is 19.0 Å². The highest BCUT2D eigenvalue weighted by Gasteiger charge is 2.18. The molecule has 0 spiro atoms. The van der Waals surface area contributed by atoms with Crippen molar-refractivity contribution in [2.75, 3.05) is 18.4 Å². The number of rotatable bonds is 5. The van der Waals surface area contributed by atoms with Gasteiger partial charge in [-0.1, -0.05) is 45.9 Å². The van der Waals surface area contributed by atoms with Gasteiger partial charge in [-0.15, -0.1) is 0 Å². The van der Waals surface area contributed by atoms with E-state index in [0.717, 1.165) is 24.2 Å². The van der Waals surface area contributed by atoms with Gasteiger partial charge in [-0.2, -0.15) is 0 Å². The molecular weight excluding hydrogens is 224 g/mol. The van der Waals surface area contributed by atoms with E-state index in [9.17, 15) is 4.79 Å². The van der Waals surface area contributed by atoms with Crippen molar-refractivity contribution in [2.24, 2.45) is 0 Å². The van der Waals surface area contributed by atoms with Gasteiger partial charge in [0.1, 0.15) is 0 Å². The van der Waals surface area contributed by atoms with Crippen LogP contribution in [0.25, 0.3) is 0 Å². The van der Waals surface area contributed by atoms with Crippen LogP contribution in [0.15, 0.2) is 24.3 Å². The van der Waals surface area contributed by atoms with E-state index in [4.69, 9.17) is 0 Å². The van der Waals surface area contributed by atoms with Gasteiger partial charge in [0, 0.05) is 5.69 Å². The number of nitrogens with one attached hydrogen (secondary N) is 2. The zero-order valence-corrected chi connectivity index (χ0v) is 11.8. The molecule has 18 heavy (non-hydrogen) atoms. The molecule has 1 rings (SSSR count). The first-order valence-electron chi connectivity index (χ1n) is 6.55. The van der Waals surface area contributed by atoms with Crippen molar-refractivity contribution in [3.63, 3.8) is 0 Å². The summed E-state index contributed by atoms with van der Waals surface area (Å²) in [6.07, 6.45) is 1.03. The van der Waals surface area contributed by atoms with E-state index in [2.05, 4.69) is 44.4 Å². The van der Waals surface area contributed by atoms with Crippen LogP contribution in [0.5, 0.6) is 0 Å². The number of benzene rings is 1. The zero-order valence-electron chi connectivity index (χ0n) is 11.8. The molecule has 0 aliphatic carbocycles. The summed E-state index contributed by atoms with van der Waals surface area (Å²) in [6.45, 7) is 9.76. The minimum atomic E-state index is 0.0140. The van der Waals surface area contributed by atoms with Gasteiger partial charge in [-0.25, -0.2) is 0 Å². The fourth-order valence-corrected chi connectivity index (χ4v) is 1.82. The molecule has 0 atom stereocenters. The van der Waals surface area contributed by atoms with Crippen LogP contribution < -0.4 is 10.6 Å². The average Bonchev–Trinajstić information content (AvgIpc) is 2.28. The number of anilines is 1. The van der Waals surface area contributed by atoms with Gasteiger partial charge < -0.3 is 10.6 Å². The maximum atomic E-state index is 11.8. The molecule has 0 saturated carbocycles. The van der Waals surface area contributed by atoms with Crippen LogP contribution in [0.1, 0.15) is 39.7 Å². The van der Waals surface area contributed by atoms with Crippen LogP contribution >= 0.6 is 0 Å². The van der Waals surface area contributed by atoms with Crippen LogP contribution in [0.2, 0.25) is 0 Å². The highest BCUT2D eigenvalue weighted by molar-refractivity contribution is 5.93. The Hall–Kier alpha value is -1.35. The van der Waals surface area contributed by atoms with Crippen molar-refractivity contribution >= 4 is 11.6 Å². The second-order valence-electron chi connectivity index (χ2n) is 5.52. The smallest absolute Gasteiger partial charge is 0.238 e. The van der Waals surface area contributed by atoms with E-state index in [-0.39, 0.29) is 11.3 Å². The van der Waals surface area contributed by atoms with E-state index < -0.39 is 0 Å². The predicted molar refractivity (Wildman–Crippen MR) is 76.9 cm³/mol. The van der Waals surface area contributed by atoms with Crippen molar-refractivity contribution in [1.29, 1.82) is 0 Å². The maximum absolute atomic E-state index is 11.8. The SMILES string of the molecule is CCCNCC(=O)Nc1ccccc1C(C)(C)C. The van der Waals surface area contributed by atoms with Gasteiger partial charge >= 0.3 is 0 Å². The summed E-state index contributed by atoms with van der Waals surface area (Å²) in [7, 11) is 0. The van der Waals surface area contributed by atoms with Gasteiger partial charge in [0.2, 0.25) is 5.91 Å². The third kappa shape index (κ3) is 4.49. The number of carbonyl (C=O) groups is 1. The second-order valence-corrected chi connectivity index (χ2v) is 5.52. The molecule has 0 aromatic heterocycles. The van der Waals surface area contributed by atoms with E-state index in [1.165, 1.54) is 0 Å². The van der Waals surface area contributed by atoms with Gasteiger partial charge in [-0.3, -0.25) is 4.79 Å². The lowest BCUT2D eigenvalue weighted by Gasteiger charge is -2.23. The third-order valence-electron chi connectivity index (χ3n) is 2.72. The molecule has 0 aliphatic rings. The van der Waals surface area contributed by atoms with Gasteiger partial charge in [-0.05, 0) is 30.0 Å². The van der Waals surface area contributed by atoms with E-state index >= 15 is 0 Å². The molecule has 1 amide bonds. The van der Waals surface area contributed by atoms with E-state index in [1.54, 1.807) is 0 Å². The summed E-state index contributed by atoms with van der Waals surface area (Å²) in [5.74, 6) is 0.0140. The van der Waals surface area contributed by atoms with Crippen molar-refractivity contribution < 1.29 is 4.79 Å². The minimum Gasteiger partial charge on any atom is -0.325 e. The molecule has 1 aromatic carbocycles. The average molecular weight is 248 g/mol. The molecular formula is C15H24N2O. The fraction of sp³-hybridized carbons (Fsp3) is 0.533. The van der Waals surface area contributed by atoms with Crippen molar-refractivity contribution in [3.8, 4) is 0 Å². The molecule has 0 bridgehead atoms. The molecule has 0 radical (unpaired) electrons. The molecule has 1 aromatic rings. The highest BCUT2D eigenvalue weighted by Crippen LogP contribution is 2.28. The number of para-hydroxylation sites is 1. The van der Waals surface area contributed by atoms with Crippen LogP contribution in [0.3, 0.4) is 0 Å². The molecule has 0 aliphatic heterocycles. The van der Waals surface area contributed by atoms with Crippen molar-refractivity contribution in [2.45, 2.75) is 39.5 Å². The monoisotopic (exact) mass is 248 g/mol. The van der Waals surface area contributed by atoms with E-state index in [0.29, 0.717) is 6.54 Å². The molecule has 2 N–H and O–H groups in total. The Labute approximate surface area is 110 Å². The first-order valence-corrected chi connectivity index (χ1v) is 6.55. The lowest BCUT2D eigenvalue weighted by molar-refractivity contribution is -0.115. The Bertz CT molecular complexity index is 394. The molecule has 3 nitrogen and oxygen atoms in total. The second kappa shape index (κ2) is 6.55. The van der Waals surface area contributed by atoms with Crippen LogP contribution in [0, 0.1) is 0 Å². The summed E-state index contributed by atoms with van der Waals surface area (Å²) < 4.78 is 0. The fourth-order valence-electron chi connectivity index (χ4n) is 1.82. The van der Waals surface area contributed by atoms with Gasteiger partial charge in [0.15, 0.2) is 0 Å². The van der Waals surface area contributed by atoms with Crippen molar-refractivity contribution in [1.82, 2.24) is 5.32 Å². The lowest BCUT2D eigenvalue weighted by atomic mass is 9.86. The first kappa shape index (κ1) is 14.7. The molecule has 0 heterocycles. The normalized spacial score (nSPS) is 11.3. The lowest BCUT2D eigenvalue weighted by Crippen LogP contribution is -2.29. The quantitative estimate of drug-likeness (QED) is 0.787. The number of amides is 1. The number of hydrogen-bond acceptors (Lipinski definition) is 2. The summed E-state index contributed by atoms with van der Waals surface area (Å²) in [4.78, 5) is 11.8. The largest absolute Gasteiger partial charge is 0.325 e. The maximum Gasteiger partial charge on any atom is 0.238 e. The summed E-state index contributed by atoms with van der Waals surface area (Å²) >= 11 is 0. The standard InChI is InChI=1S/C15H24N2O/c1-5-10-16-11-14(18)17-13-9-7-6-8-12(13)15(2,3)4/h6-9,16H,5,10-11H2,1-4H3,(H,17,18). The molecule has 100 valence electrons. The highest BCUT2D eigenvalue weighted by atomic mass is 16.1. The Balaban J connectivity index is 2.70. The Morgan fingerprint density at radius 2 is 1.89 bits per heavy atom. The Morgan fingerprint density at radius 1 is 1.22 bits per heavy atom. The van der Waals surface area contributed by atoms with E-state index in [1.807, 2.05) is 18.2 Å². The first-order chi connectivity index (χ1) is 8.45. The van der Waals surface area contributed by atoms with Gasteiger partial charge in [0.05, 0.1) is 6.54 Å². The molecule has 0 unspecified atom stereocenters. The van der Waals surface area contributed by atoms with Crippen molar-refractivity contribution in [3.05, 3.63) is 29.8 Å². The minimum absolute atomic E-state index is 0.0140. The number of carbonyl (C=O) groups excluding carboxylic acids is 1. The molecule has 0 saturated heterocycles. The van der Waals surface area contributed by atoms with Crippen LogP contribution in [-0.2, 0) is 10.2 Å². The molecule has 3 heteroatoms. The summed E-state index contributed by atoms with van der Waals surface area (Å²) in [6, 6.07) is 7.98. The van der Waals surface area contributed by atoms with Gasteiger partial charge in [0.25, 0.3) is 0 Å².